The zero-order chi connectivity index (χ0) is 18.2. The van der Waals surface area contributed by atoms with E-state index >= 15 is 0 Å². The maximum atomic E-state index is 12.8. The Bertz CT molecular complexity index is 407. The van der Waals surface area contributed by atoms with Gasteiger partial charge in [-0.25, -0.2) is 0 Å². The predicted molar refractivity (Wildman–Crippen MR) is 98.8 cm³/mol. The minimum absolute atomic E-state index is 0.0584. The van der Waals surface area contributed by atoms with Crippen LogP contribution in [0.3, 0.4) is 0 Å². The minimum atomic E-state index is -0.460. The third-order valence-electron chi connectivity index (χ3n) is 4.11. The molecule has 3 unspecified atom stereocenters. The van der Waals surface area contributed by atoms with E-state index in [1.807, 2.05) is 65.6 Å². The highest BCUT2D eigenvalue weighted by molar-refractivity contribution is 9.09. The summed E-state index contributed by atoms with van der Waals surface area (Å²) >= 11 is 3.14. The summed E-state index contributed by atoms with van der Waals surface area (Å²) in [7, 11) is 1.92. The molecule has 0 N–H and O–H groups in total. The third kappa shape index (κ3) is 7.17. The molecule has 0 amide bonds. The molecule has 0 fully saturated rings. The van der Waals surface area contributed by atoms with Crippen LogP contribution in [0.1, 0.15) is 48.0 Å². The van der Waals surface area contributed by atoms with E-state index in [1.165, 1.54) is 0 Å². The third-order valence-corrected chi connectivity index (χ3v) is 4.56. The molecule has 0 aromatic rings. The first-order valence-corrected chi connectivity index (χ1v) is 9.41. The van der Waals surface area contributed by atoms with Gasteiger partial charge in [0.15, 0.2) is 5.78 Å². The van der Waals surface area contributed by atoms with Gasteiger partial charge in [-0.2, -0.15) is 0 Å². The number of rotatable bonds is 10. The summed E-state index contributed by atoms with van der Waals surface area (Å²) in [4.78, 5) is 26.7. The van der Waals surface area contributed by atoms with Gasteiger partial charge in [-0.1, -0.05) is 48.9 Å². The predicted octanol–water partition coefficient (Wildman–Crippen LogP) is 3.83. The number of likely N-dealkylation sites (N-methyl/N-ethyl adjacent to an activating group) is 1. The van der Waals surface area contributed by atoms with Gasteiger partial charge in [-0.05, 0) is 40.2 Å². The van der Waals surface area contributed by atoms with Crippen molar-refractivity contribution in [1.82, 2.24) is 4.90 Å². The van der Waals surface area contributed by atoms with Gasteiger partial charge in [-0.15, -0.1) is 0 Å². The van der Waals surface area contributed by atoms with E-state index in [0.717, 1.165) is 6.42 Å². The van der Waals surface area contributed by atoms with Crippen molar-refractivity contribution < 1.29 is 14.3 Å². The molecule has 0 radical (unpaired) electrons. The van der Waals surface area contributed by atoms with Crippen LogP contribution in [-0.4, -0.2) is 47.2 Å². The largest absolute Gasteiger partial charge is 0.459 e. The van der Waals surface area contributed by atoms with Crippen molar-refractivity contribution >= 4 is 27.7 Å². The van der Waals surface area contributed by atoms with Gasteiger partial charge >= 0.3 is 5.97 Å². The van der Waals surface area contributed by atoms with E-state index < -0.39 is 12.1 Å². The van der Waals surface area contributed by atoms with Crippen LogP contribution in [0.5, 0.6) is 0 Å². The highest BCUT2D eigenvalue weighted by atomic mass is 79.9. The molecule has 0 saturated heterocycles. The Morgan fingerprint density at radius 1 is 1.17 bits per heavy atom. The summed E-state index contributed by atoms with van der Waals surface area (Å²) in [5, 5.41) is 0.133. The van der Waals surface area contributed by atoms with Crippen LogP contribution in [0.15, 0.2) is 12.2 Å². The highest BCUT2D eigenvalue weighted by Crippen LogP contribution is 2.24. The van der Waals surface area contributed by atoms with Gasteiger partial charge in [0.2, 0.25) is 0 Å². The van der Waals surface area contributed by atoms with Crippen LogP contribution >= 0.6 is 15.9 Å². The van der Waals surface area contributed by atoms with Gasteiger partial charge in [0.05, 0.1) is 0 Å². The molecule has 0 rings (SSSR count). The number of carbonyl (C=O) groups is 2. The van der Waals surface area contributed by atoms with E-state index in [4.69, 9.17) is 4.74 Å². The van der Waals surface area contributed by atoms with Crippen molar-refractivity contribution in [2.45, 2.75) is 66.2 Å². The number of alkyl halides is 1. The fourth-order valence-corrected chi connectivity index (χ4v) is 2.55. The van der Waals surface area contributed by atoms with E-state index in [2.05, 4.69) is 15.9 Å². The second-order valence-corrected chi connectivity index (χ2v) is 7.19. The molecule has 0 aromatic carbocycles. The quantitative estimate of drug-likeness (QED) is 0.323. The number of ether oxygens (including phenoxy) is 1. The number of allylic oxidation sites excluding steroid dienone is 2. The first kappa shape index (κ1) is 22.3. The lowest BCUT2D eigenvalue weighted by atomic mass is 9.87. The minimum Gasteiger partial charge on any atom is -0.459 e. The average Bonchev–Trinajstić information content (AvgIpc) is 2.50. The Hall–Kier alpha value is -0.680. The van der Waals surface area contributed by atoms with Gasteiger partial charge in [-0.3, -0.25) is 14.5 Å². The Balaban J connectivity index is 5.66. The van der Waals surface area contributed by atoms with Crippen LogP contribution in [0.25, 0.3) is 0 Å². The van der Waals surface area contributed by atoms with Gasteiger partial charge in [0.25, 0.3) is 0 Å². The van der Waals surface area contributed by atoms with Crippen molar-refractivity contribution in [3.05, 3.63) is 12.2 Å². The number of Topliss-reactive ketones (excluding diaryl/α,β-unsaturated/α-hetero) is 1. The molecular formula is C18H32BrNO3. The second-order valence-electron chi connectivity index (χ2n) is 6.63. The van der Waals surface area contributed by atoms with Crippen LogP contribution < -0.4 is 0 Å². The fraction of sp³-hybridized carbons (Fsp3) is 0.778. The first-order valence-electron chi connectivity index (χ1n) is 8.29. The maximum Gasteiger partial charge on any atom is 0.316 e. The molecule has 134 valence electrons. The number of hydrogen-bond acceptors (Lipinski definition) is 4. The molecule has 3 atom stereocenters. The first-order chi connectivity index (χ1) is 10.7. The number of ketones is 1. The van der Waals surface area contributed by atoms with E-state index in [-0.39, 0.29) is 35.0 Å². The van der Waals surface area contributed by atoms with Crippen molar-refractivity contribution in [2.24, 2.45) is 11.8 Å². The summed E-state index contributed by atoms with van der Waals surface area (Å²) < 4.78 is 5.68. The summed E-state index contributed by atoms with van der Waals surface area (Å²) in [6.07, 6.45) is 4.33. The SMILES string of the molecule is C/C=C/CC(C)C(OC(=O)CBr)C(C(=O)C(C)C)N(C)C(C)C. The van der Waals surface area contributed by atoms with Crippen molar-refractivity contribution in [3.63, 3.8) is 0 Å². The lowest BCUT2D eigenvalue weighted by molar-refractivity contribution is -0.156. The Morgan fingerprint density at radius 2 is 1.74 bits per heavy atom. The number of nitrogens with zero attached hydrogens (tertiary/aromatic N) is 1. The summed E-state index contributed by atoms with van der Waals surface area (Å²) in [6.45, 7) is 11.9. The Labute approximate surface area is 149 Å². The highest BCUT2D eigenvalue weighted by Gasteiger charge is 2.39. The molecule has 4 nitrogen and oxygen atoms in total. The van der Waals surface area contributed by atoms with Gasteiger partial charge in [0, 0.05) is 12.0 Å². The molecule has 0 spiro atoms. The molecule has 0 bridgehead atoms. The van der Waals surface area contributed by atoms with Gasteiger partial charge < -0.3 is 4.74 Å². The van der Waals surface area contributed by atoms with E-state index in [9.17, 15) is 9.59 Å². The molecule has 5 heteroatoms. The van der Waals surface area contributed by atoms with Crippen molar-refractivity contribution in [3.8, 4) is 0 Å². The molecule has 0 aliphatic heterocycles. The number of hydrogen-bond donors (Lipinski definition) is 0. The molecule has 0 aliphatic rings. The second kappa shape index (κ2) is 11.0. The summed E-state index contributed by atoms with van der Waals surface area (Å²) in [6, 6.07) is -0.250. The lowest BCUT2D eigenvalue weighted by Gasteiger charge is -2.38. The fourth-order valence-electron chi connectivity index (χ4n) is 2.42. The molecule has 23 heavy (non-hydrogen) atoms. The monoisotopic (exact) mass is 389 g/mol. The number of carbonyl (C=O) groups excluding carboxylic acids is 2. The molecule has 0 aromatic heterocycles. The maximum absolute atomic E-state index is 12.8. The molecule has 0 heterocycles. The lowest BCUT2D eigenvalue weighted by Crippen LogP contribution is -2.54. The number of esters is 1. The van der Waals surface area contributed by atoms with Crippen molar-refractivity contribution in [2.75, 3.05) is 12.4 Å². The van der Waals surface area contributed by atoms with Crippen LogP contribution in [0, 0.1) is 11.8 Å². The van der Waals surface area contributed by atoms with Crippen LogP contribution in [0.4, 0.5) is 0 Å². The molecule has 0 aliphatic carbocycles. The van der Waals surface area contributed by atoms with E-state index in [1.54, 1.807) is 0 Å². The van der Waals surface area contributed by atoms with Gasteiger partial charge in [0.1, 0.15) is 17.5 Å². The Kier molecular flexibility index (Phi) is 10.7. The average molecular weight is 390 g/mol. The standard InChI is InChI=1S/C18H32BrNO3/c1-8-9-10-14(6)18(23-15(21)11-19)16(17(22)12(2)3)20(7)13(4)5/h8-9,12-14,16,18H,10-11H2,1-7H3/b9-8+. The molecule has 0 saturated carbocycles. The summed E-state index contributed by atoms with van der Waals surface area (Å²) in [5.74, 6) is -0.273. The topological polar surface area (TPSA) is 46.6 Å². The normalized spacial score (nSPS) is 16.1. The smallest absolute Gasteiger partial charge is 0.316 e. The molecular weight excluding hydrogens is 358 g/mol. The zero-order valence-corrected chi connectivity index (χ0v) is 17.1. The number of halogens is 1. The summed E-state index contributed by atoms with van der Waals surface area (Å²) in [5.41, 5.74) is 0. The van der Waals surface area contributed by atoms with Crippen molar-refractivity contribution in [1.29, 1.82) is 0 Å². The van der Waals surface area contributed by atoms with Crippen LogP contribution in [-0.2, 0) is 14.3 Å². The zero-order valence-electron chi connectivity index (χ0n) is 15.5. The van der Waals surface area contributed by atoms with E-state index in [0.29, 0.717) is 0 Å². The Morgan fingerprint density at radius 3 is 2.13 bits per heavy atom. The van der Waals surface area contributed by atoms with Crippen LogP contribution in [0.2, 0.25) is 0 Å².